The predicted octanol–water partition coefficient (Wildman–Crippen LogP) is 4.23. The first-order valence-corrected chi connectivity index (χ1v) is 7.31. The monoisotopic (exact) mass is 369 g/mol. The van der Waals surface area contributed by atoms with Gasteiger partial charge < -0.3 is 10.1 Å². The molecule has 3 nitrogen and oxygen atoms in total. The Morgan fingerprint density at radius 2 is 1.91 bits per heavy atom. The molecule has 22 heavy (non-hydrogen) atoms. The Hall–Kier alpha value is -1.95. The van der Waals surface area contributed by atoms with Gasteiger partial charge in [-0.2, -0.15) is 0 Å². The standard InChI is InChI=1S/C16H14BrF2NO2/c1-9(10-3-6-15(22-2)14(19)7-10)20-16(21)12-8-11(17)4-5-13(12)18/h3-9H,1-2H3,(H,20,21). The van der Waals surface area contributed by atoms with Gasteiger partial charge in [0.15, 0.2) is 11.6 Å². The summed E-state index contributed by atoms with van der Waals surface area (Å²) in [6.07, 6.45) is 0. The topological polar surface area (TPSA) is 38.3 Å². The first kappa shape index (κ1) is 16.4. The highest BCUT2D eigenvalue weighted by Crippen LogP contribution is 2.22. The van der Waals surface area contributed by atoms with E-state index in [4.69, 9.17) is 4.74 Å². The molecule has 0 bridgehead atoms. The third-order valence-electron chi connectivity index (χ3n) is 3.20. The summed E-state index contributed by atoms with van der Waals surface area (Å²) >= 11 is 3.19. The number of hydrogen-bond acceptors (Lipinski definition) is 2. The van der Waals surface area contributed by atoms with Crippen molar-refractivity contribution in [2.45, 2.75) is 13.0 Å². The summed E-state index contributed by atoms with van der Waals surface area (Å²) in [6.45, 7) is 1.69. The van der Waals surface area contributed by atoms with Crippen molar-refractivity contribution in [3.8, 4) is 5.75 Å². The molecule has 0 saturated heterocycles. The molecule has 0 fully saturated rings. The maximum absolute atomic E-state index is 13.7. The number of amides is 1. The number of carbonyl (C=O) groups excluding carboxylic acids is 1. The van der Waals surface area contributed by atoms with Crippen molar-refractivity contribution in [3.63, 3.8) is 0 Å². The minimum absolute atomic E-state index is 0.0739. The van der Waals surface area contributed by atoms with Crippen molar-refractivity contribution in [1.29, 1.82) is 0 Å². The first-order chi connectivity index (χ1) is 10.4. The van der Waals surface area contributed by atoms with E-state index in [-0.39, 0.29) is 11.3 Å². The number of benzene rings is 2. The van der Waals surface area contributed by atoms with Crippen LogP contribution in [0.15, 0.2) is 40.9 Å². The number of methoxy groups -OCH3 is 1. The summed E-state index contributed by atoms with van der Waals surface area (Å²) in [5.41, 5.74) is 0.484. The normalized spacial score (nSPS) is 11.9. The highest BCUT2D eigenvalue weighted by Gasteiger charge is 2.16. The molecule has 1 N–H and O–H groups in total. The lowest BCUT2D eigenvalue weighted by Crippen LogP contribution is -2.27. The van der Waals surface area contributed by atoms with Crippen molar-refractivity contribution in [3.05, 3.63) is 63.6 Å². The number of rotatable bonds is 4. The Kier molecular flexibility index (Phi) is 5.13. The number of nitrogens with one attached hydrogen (secondary N) is 1. The van der Waals surface area contributed by atoms with Crippen LogP contribution in [0.3, 0.4) is 0 Å². The lowest BCUT2D eigenvalue weighted by molar-refractivity contribution is 0.0935. The molecular formula is C16H14BrF2NO2. The predicted molar refractivity (Wildman–Crippen MR) is 82.9 cm³/mol. The lowest BCUT2D eigenvalue weighted by Gasteiger charge is -2.15. The zero-order valence-electron chi connectivity index (χ0n) is 12.0. The molecule has 0 spiro atoms. The zero-order chi connectivity index (χ0) is 16.3. The molecule has 1 unspecified atom stereocenters. The molecule has 0 aliphatic rings. The van der Waals surface area contributed by atoms with Crippen LogP contribution in [0.1, 0.15) is 28.9 Å². The average molecular weight is 370 g/mol. The van der Waals surface area contributed by atoms with E-state index in [1.165, 1.54) is 37.4 Å². The number of ether oxygens (including phenoxy) is 1. The second-order valence-corrected chi connectivity index (χ2v) is 5.63. The average Bonchev–Trinajstić information content (AvgIpc) is 2.49. The number of hydrogen-bond donors (Lipinski definition) is 1. The van der Waals surface area contributed by atoms with E-state index in [9.17, 15) is 13.6 Å². The van der Waals surface area contributed by atoms with Crippen LogP contribution >= 0.6 is 15.9 Å². The fourth-order valence-corrected chi connectivity index (χ4v) is 2.34. The number of carbonyl (C=O) groups is 1. The van der Waals surface area contributed by atoms with E-state index in [1.54, 1.807) is 13.0 Å². The molecule has 2 aromatic rings. The Bertz CT molecular complexity index is 707. The van der Waals surface area contributed by atoms with Crippen molar-refractivity contribution >= 4 is 21.8 Å². The summed E-state index contributed by atoms with van der Waals surface area (Å²) in [6, 6.07) is 8.03. The summed E-state index contributed by atoms with van der Waals surface area (Å²) in [4.78, 5) is 12.1. The van der Waals surface area contributed by atoms with Crippen molar-refractivity contribution < 1.29 is 18.3 Å². The van der Waals surface area contributed by atoms with Gasteiger partial charge in [-0.15, -0.1) is 0 Å². The Balaban J connectivity index is 2.17. The van der Waals surface area contributed by atoms with Crippen LogP contribution in [0.2, 0.25) is 0 Å². The molecule has 0 aliphatic heterocycles. The Morgan fingerprint density at radius 3 is 2.55 bits per heavy atom. The molecule has 2 rings (SSSR count). The van der Waals surface area contributed by atoms with Crippen molar-refractivity contribution in [2.75, 3.05) is 7.11 Å². The summed E-state index contributed by atoms with van der Waals surface area (Å²) in [7, 11) is 1.37. The van der Waals surface area contributed by atoms with Gasteiger partial charge in [0.25, 0.3) is 5.91 Å². The fourth-order valence-electron chi connectivity index (χ4n) is 1.98. The molecule has 116 valence electrons. The van der Waals surface area contributed by atoms with Gasteiger partial charge >= 0.3 is 0 Å². The Labute approximate surface area is 135 Å². The van der Waals surface area contributed by atoms with Gasteiger partial charge in [-0.05, 0) is 42.8 Å². The van der Waals surface area contributed by atoms with E-state index in [1.807, 2.05) is 0 Å². The molecule has 0 heterocycles. The molecule has 2 aromatic carbocycles. The molecule has 0 aliphatic carbocycles. The maximum atomic E-state index is 13.7. The minimum Gasteiger partial charge on any atom is -0.494 e. The van der Waals surface area contributed by atoms with E-state index in [0.29, 0.717) is 10.0 Å². The van der Waals surface area contributed by atoms with E-state index >= 15 is 0 Å². The first-order valence-electron chi connectivity index (χ1n) is 6.51. The van der Waals surface area contributed by atoms with Crippen LogP contribution in [0.25, 0.3) is 0 Å². The summed E-state index contributed by atoms with van der Waals surface area (Å²) in [5, 5.41) is 2.64. The second kappa shape index (κ2) is 6.87. The van der Waals surface area contributed by atoms with Gasteiger partial charge in [0.05, 0.1) is 18.7 Å². The zero-order valence-corrected chi connectivity index (χ0v) is 13.6. The third-order valence-corrected chi connectivity index (χ3v) is 3.69. The van der Waals surface area contributed by atoms with Crippen molar-refractivity contribution in [2.24, 2.45) is 0 Å². The van der Waals surface area contributed by atoms with Crippen LogP contribution < -0.4 is 10.1 Å². The largest absolute Gasteiger partial charge is 0.494 e. The molecule has 6 heteroatoms. The van der Waals surface area contributed by atoms with Crippen LogP contribution in [0.4, 0.5) is 8.78 Å². The molecule has 0 radical (unpaired) electrons. The van der Waals surface area contributed by atoms with E-state index in [2.05, 4.69) is 21.2 Å². The SMILES string of the molecule is COc1ccc(C(C)NC(=O)c2cc(Br)ccc2F)cc1F. The molecular weight excluding hydrogens is 356 g/mol. The molecule has 1 atom stereocenters. The smallest absolute Gasteiger partial charge is 0.254 e. The molecule has 0 saturated carbocycles. The number of halogens is 3. The van der Waals surface area contributed by atoms with Crippen LogP contribution in [-0.4, -0.2) is 13.0 Å². The van der Waals surface area contributed by atoms with Gasteiger partial charge in [0, 0.05) is 4.47 Å². The second-order valence-electron chi connectivity index (χ2n) is 4.71. The maximum Gasteiger partial charge on any atom is 0.254 e. The van der Waals surface area contributed by atoms with Crippen LogP contribution in [-0.2, 0) is 0 Å². The van der Waals surface area contributed by atoms with Gasteiger partial charge in [0.1, 0.15) is 5.82 Å². The fraction of sp³-hybridized carbons (Fsp3) is 0.188. The van der Waals surface area contributed by atoms with Crippen LogP contribution in [0, 0.1) is 11.6 Å². The Morgan fingerprint density at radius 1 is 1.18 bits per heavy atom. The highest BCUT2D eigenvalue weighted by atomic mass is 79.9. The van der Waals surface area contributed by atoms with E-state index in [0.717, 1.165) is 0 Å². The van der Waals surface area contributed by atoms with Crippen LogP contribution in [0.5, 0.6) is 5.75 Å². The summed E-state index contributed by atoms with van der Waals surface area (Å²) < 4.78 is 32.8. The quantitative estimate of drug-likeness (QED) is 0.875. The molecule has 1 amide bonds. The van der Waals surface area contributed by atoms with Gasteiger partial charge in [-0.25, -0.2) is 8.78 Å². The van der Waals surface area contributed by atoms with Gasteiger partial charge in [0.2, 0.25) is 0 Å². The minimum atomic E-state index is -0.617. The van der Waals surface area contributed by atoms with Gasteiger partial charge in [-0.1, -0.05) is 22.0 Å². The molecule has 0 aromatic heterocycles. The van der Waals surface area contributed by atoms with E-state index < -0.39 is 23.6 Å². The lowest BCUT2D eigenvalue weighted by atomic mass is 10.1. The van der Waals surface area contributed by atoms with Gasteiger partial charge in [-0.3, -0.25) is 4.79 Å². The highest BCUT2D eigenvalue weighted by molar-refractivity contribution is 9.10. The third kappa shape index (κ3) is 3.62. The summed E-state index contributed by atoms with van der Waals surface area (Å²) in [5.74, 6) is -1.58. The van der Waals surface area contributed by atoms with Crippen molar-refractivity contribution in [1.82, 2.24) is 5.32 Å².